The van der Waals surface area contributed by atoms with E-state index in [1.807, 2.05) is 12.1 Å². The molecule has 0 aromatic heterocycles. The summed E-state index contributed by atoms with van der Waals surface area (Å²) in [4.78, 5) is 0. The molecule has 1 aromatic rings. The molecule has 2 aliphatic rings. The van der Waals surface area contributed by atoms with Crippen molar-refractivity contribution >= 4 is 0 Å². The van der Waals surface area contributed by atoms with Crippen LogP contribution in [0.1, 0.15) is 43.8 Å². The van der Waals surface area contributed by atoms with Crippen molar-refractivity contribution in [3.8, 4) is 0 Å². The molecule has 0 aliphatic carbocycles. The van der Waals surface area contributed by atoms with Gasteiger partial charge in [0.25, 0.3) is 0 Å². The molecule has 2 aliphatic heterocycles. The Hall–Kier alpha value is -1.30. The zero-order valence-corrected chi connectivity index (χ0v) is 12.7. The molecule has 5 heteroatoms. The molecule has 1 unspecified atom stereocenters. The topological polar surface area (TPSA) is 27.7 Å². The van der Waals surface area contributed by atoms with Crippen LogP contribution < -0.4 is 0 Å². The van der Waals surface area contributed by atoms with Gasteiger partial charge in [-0.3, -0.25) is 0 Å². The standard InChI is InChI=1S/C17H20F2O3/c1-11-9-20-16(21-10-11)14-6-4-13(5-7-14)15-8-3-12(2)17(18,19)22-15/h3-7,11,15-16H,8-10H2,1-2H3. The number of hydrogen-bond donors (Lipinski definition) is 0. The van der Waals surface area contributed by atoms with Gasteiger partial charge in [-0.05, 0) is 18.9 Å². The van der Waals surface area contributed by atoms with Crippen LogP contribution in [0.15, 0.2) is 35.9 Å². The summed E-state index contributed by atoms with van der Waals surface area (Å²) in [5.41, 5.74) is 1.60. The van der Waals surface area contributed by atoms with Crippen LogP contribution in [0.4, 0.5) is 8.78 Å². The van der Waals surface area contributed by atoms with Crippen molar-refractivity contribution in [1.29, 1.82) is 0 Å². The monoisotopic (exact) mass is 310 g/mol. The highest BCUT2D eigenvalue weighted by molar-refractivity contribution is 5.27. The molecule has 0 radical (unpaired) electrons. The molecule has 3 nitrogen and oxygen atoms in total. The molecule has 1 aromatic carbocycles. The number of ether oxygens (including phenoxy) is 3. The fraction of sp³-hybridized carbons (Fsp3) is 0.529. The molecule has 1 atom stereocenters. The van der Waals surface area contributed by atoms with Crippen molar-refractivity contribution in [3.63, 3.8) is 0 Å². The molecular weight excluding hydrogens is 290 g/mol. The predicted octanol–water partition coefficient (Wildman–Crippen LogP) is 4.37. The third-order valence-corrected chi connectivity index (χ3v) is 4.03. The van der Waals surface area contributed by atoms with Crippen LogP contribution in [-0.2, 0) is 14.2 Å². The average Bonchev–Trinajstić information content (AvgIpc) is 2.51. The highest BCUT2D eigenvalue weighted by Crippen LogP contribution is 2.39. The summed E-state index contributed by atoms with van der Waals surface area (Å²) < 4.78 is 43.4. The highest BCUT2D eigenvalue weighted by atomic mass is 19.3. The Kier molecular flexibility index (Phi) is 4.30. The van der Waals surface area contributed by atoms with Crippen LogP contribution in [0.25, 0.3) is 0 Å². The molecule has 1 saturated heterocycles. The van der Waals surface area contributed by atoms with E-state index in [1.54, 1.807) is 12.1 Å². The Morgan fingerprint density at radius 3 is 2.23 bits per heavy atom. The average molecular weight is 310 g/mol. The van der Waals surface area contributed by atoms with E-state index in [9.17, 15) is 8.78 Å². The lowest BCUT2D eigenvalue weighted by Crippen LogP contribution is -2.28. The lowest BCUT2D eigenvalue weighted by Gasteiger charge is -2.30. The summed E-state index contributed by atoms with van der Waals surface area (Å²) in [5, 5.41) is 0. The fourth-order valence-electron chi connectivity index (χ4n) is 2.59. The molecule has 0 N–H and O–H groups in total. The first-order valence-corrected chi connectivity index (χ1v) is 7.51. The third-order valence-electron chi connectivity index (χ3n) is 4.03. The van der Waals surface area contributed by atoms with E-state index in [0.29, 0.717) is 25.6 Å². The van der Waals surface area contributed by atoms with Crippen molar-refractivity contribution in [2.45, 2.75) is 38.8 Å². The highest BCUT2D eigenvalue weighted by Gasteiger charge is 2.39. The van der Waals surface area contributed by atoms with Gasteiger partial charge in [0.1, 0.15) is 0 Å². The smallest absolute Gasteiger partial charge is 0.348 e. The van der Waals surface area contributed by atoms with E-state index in [0.717, 1.165) is 11.1 Å². The minimum absolute atomic E-state index is 0.0292. The Bertz CT molecular complexity index is 546. The van der Waals surface area contributed by atoms with Crippen LogP contribution in [0.5, 0.6) is 0 Å². The molecular formula is C17H20F2O3. The molecule has 2 heterocycles. The largest absolute Gasteiger partial charge is 0.379 e. The second-order valence-electron chi connectivity index (χ2n) is 6.02. The van der Waals surface area contributed by atoms with Gasteiger partial charge in [-0.25, -0.2) is 0 Å². The zero-order valence-electron chi connectivity index (χ0n) is 12.7. The molecule has 0 saturated carbocycles. The minimum Gasteiger partial charge on any atom is -0.348 e. The third kappa shape index (κ3) is 3.21. The normalized spacial score (nSPS) is 31.6. The van der Waals surface area contributed by atoms with Crippen LogP contribution >= 0.6 is 0 Å². The summed E-state index contributed by atoms with van der Waals surface area (Å²) in [7, 11) is 0. The first kappa shape index (κ1) is 15.6. The van der Waals surface area contributed by atoms with Gasteiger partial charge >= 0.3 is 6.11 Å². The summed E-state index contributed by atoms with van der Waals surface area (Å²) in [6.45, 7) is 4.77. The Balaban J connectivity index is 1.70. The minimum atomic E-state index is -3.19. The molecule has 120 valence electrons. The predicted molar refractivity (Wildman–Crippen MR) is 77.4 cm³/mol. The lowest BCUT2D eigenvalue weighted by atomic mass is 10.0. The molecule has 3 rings (SSSR count). The first-order chi connectivity index (χ1) is 10.5. The Labute approximate surface area is 128 Å². The fourth-order valence-corrected chi connectivity index (χ4v) is 2.59. The maximum Gasteiger partial charge on any atom is 0.379 e. The van der Waals surface area contributed by atoms with E-state index < -0.39 is 12.2 Å². The van der Waals surface area contributed by atoms with Crippen molar-refractivity contribution in [2.24, 2.45) is 5.92 Å². The summed E-state index contributed by atoms with van der Waals surface area (Å²) in [6.07, 6.45) is -2.19. The van der Waals surface area contributed by atoms with Crippen LogP contribution in [0.2, 0.25) is 0 Å². The second kappa shape index (κ2) is 6.07. The van der Waals surface area contributed by atoms with Gasteiger partial charge in [0.2, 0.25) is 0 Å². The number of rotatable bonds is 2. The maximum absolute atomic E-state index is 13.6. The zero-order chi connectivity index (χ0) is 15.7. The number of alkyl halides is 2. The summed E-state index contributed by atoms with van der Waals surface area (Å²) >= 11 is 0. The molecule has 22 heavy (non-hydrogen) atoms. The van der Waals surface area contributed by atoms with Crippen molar-refractivity contribution in [1.82, 2.24) is 0 Å². The molecule has 1 fully saturated rings. The SMILES string of the molecule is CC1=CCC(c2ccc(C3OCC(C)CO3)cc2)OC1(F)F. The van der Waals surface area contributed by atoms with Crippen molar-refractivity contribution in [3.05, 3.63) is 47.0 Å². The van der Waals surface area contributed by atoms with Gasteiger partial charge in [-0.2, -0.15) is 8.78 Å². The van der Waals surface area contributed by atoms with E-state index in [-0.39, 0.29) is 11.9 Å². The van der Waals surface area contributed by atoms with Crippen LogP contribution in [-0.4, -0.2) is 19.3 Å². The van der Waals surface area contributed by atoms with Gasteiger partial charge < -0.3 is 14.2 Å². The number of hydrogen-bond acceptors (Lipinski definition) is 3. The molecule has 0 amide bonds. The van der Waals surface area contributed by atoms with Gasteiger partial charge in [0.05, 0.1) is 19.3 Å². The number of benzene rings is 1. The van der Waals surface area contributed by atoms with E-state index in [4.69, 9.17) is 14.2 Å². The van der Waals surface area contributed by atoms with Gasteiger partial charge in [0.15, 0.2) is 6.29 Å². The molecule has 0 spiro atoms. The van der Waals surface area contributed by atoms with E-state index in [1.165, 1.54) is 13.0 Å². The van der Waals surface area contributed by atoms with E-state index in [2.05, 4.69) is 6.92 Å². The lowest BCUT2D eigenvalue weighted by molar-refractivity contribution is -0.243. The quantitative estimate of drug-likeness (QED) is 0.759. The maximum atomic E-state index is 13.6. The van der Waals surface area contributed by atoms with Crippen LogP contribution in [0.3, 0.4) is 0 Å². The van der Waals surface area contributed by atoms with Crippen molar-refractivity contribution < 1.29 is 23.0 Å². The Morgan fingerprint density at radius 1 is 1.05 bits per heavy atom. The molecule has 0 bridgehead atoms. The summed E-state index contributed by atoms with van der Waals surface area (Å²) in [5.74, 6) is 0.392. The number of halogens is 2. The second-order valence-corrected chi connectivity index (χ2v) is 6.02. The van der Waals surface area contributed by atoms with Crippen molar-refractivity contribution in [2.75, 3.05) is 13.2 Å². The van der Waals surface area contributed by atoms with E-state index >= 15 is 0 Å². The summed E-state index contributed by atoms with van der Waals surface area (Å²) in [6, 6.07) is 7.30. The van der Waals surface area contributed by atoms with Crippen LogP contribution in [0, 0.1) is 5.92 Å². The van der Waals surface area contributed by atoms with Gasteiger partial charge in [0, 0.05) is 17.1 Å². The first-order valence-electron chi connectivity index (χ1n) is 7.51. The van der Waals surface area contributed by atoms with Gasteiger partial charge in [-0.15, -0.1) is 0 Å². The Morgan fingerprint density at radius 2 is 1.64 bits per heavy atom. The van der Waals surface area contributed by atoms with Gasteiger partial charge in [-0.1, -0.05) is 37.3 Å².